The van der Waals surface area contributed by atoms with Crippen molar-refractivity contribution in [3.05, 3.63) is 52.5 Å². The zero-order valence-electron chi connectivity index (χ0n) is 13.3. The van der Waals surface area contributed by atoms with Gasteiger partial charge in [-0.05, 0) is 35.9 Å². The Hall–Kier alpha value is -1.66. The Kier molecular flexibility index (Phi) is 5.68. The third-order valence-corrected chi connectivity index (χ3v) is 5.14. The third kappa shape index (κ3) is 4.45. The molecule has 0 aromatic heterocycles. The molecule has 1 amide bonds. The molecule has 0 aliphatic carbocycles. The molecule has 1 heterocycles. The van der Waals surface area contributed by atoms with E-state index in [1.807, 2.05) is 49.5 Å². The number of amides is 1. The molecule has 0 N–H and O–H groups in total. The van der Waals surface area contributed by atoms with Crippen molar-refractivity contribution in [3.63, 3.8) is 0 Å². The van der Waals surface area contributed by atoms with Gasteiger partial charge >= 0.3 is 0 Å². The molecular formula is C18H18BrNO3S. The summed E-state index contributed by atoms with van der Waals surface area (Å²) in [4.78, 5) is 15.1. The van der Waals surface area contributed by atoms with E-state index in [-0.39, 0.29) is 5.91 Å². The highest BCUT2D eigenvalue weighted by atomic mass is 79.9. The van der Waals surface area contributed by atoms with Crippen molar-refractivity contribution < 1.29 is 14.3 Å². The summed E-state index contributed by atoms with van der Waals surface area (Å²) in [5.41, 5.74) is 1.11. The second-order valence-corrected chi connectivity index (χ2v) is 7.43. The van der Waals surface area contributed by atoms with Crippen LogP contribution < -0.4 is 9.47 Å². The molecule has 0 saturated heterocycles. The van der Waals surface area contributed by atoms with E-state index in [0.29, 0.717) is 25.5 Å². The van der Waals surface area contributed by atoms with Gasteiger partial charge in [0, 0.05) is 23.0 Å². The van der Waals surface area contributed by atoms with Crippen LogP contribution in [0.25, 0.3) is 0 Å². The van der Waals surface area contributed by atoms with E-state index >= 15 is 0 Å². The first-order chi connectivity index (χ1) is 11.6. The zero-order chi connectivity index (χ0) is 16.9. The largest absolute Gasteiger partial charge is 0.486 e. The van der Waals surface area contributed by atoms with Gasteiger partial charge in [0.2, 0.25) is 5.91 Å². The summed E-state index contributed by atoms with van der Waals surface area (Å²) >= 11 is 4.92. The minimum atomic E-state index is 0.0952. The topological polar surface area (TPSA) is 38.8 Å². The van der Waals surface area contributed by atoms with Crippen LogP contribution in [-0.4, -0.2) is 36.8 Å². The number of fused-ring (bicyclic) bond motifs is 1. The van der Waals surface area contributed by atoms with Crippen molar-refractivity contribution in [2.75, 3.05) is 26.0 Å². The lowest BCUT2D eigenvalue weighted by Crippen LogP contribution is -2.27. The Bertz CT molecular complexity index is 721. The Morgan fingerprint density at radius 1 is 1.12 bits per heavy atom. The first kappa shape index (κ1) is 17.2. The second kappa shape index (κ2) is 7.94. The van der Waals surface area contributed by atoms with Crippen molar-refractivity contribution >= 4 is 33.6 Å². The fourth-order valence-corrected chi connectivity index (χ4v) is 3.45. The number of nitrogens with zero attached hydrogens (tertiary/aromatic N) is 1. The average molecular weight is 408 g/mol. The van der Waals surface area contributed by atoms with Crippen molar-refractivity contribution in [3.8, 4) is 11.5 Å². The van der Waals surface area contributed by atoms with E-state index in [0.717, 1.165) is 26.4 Å². The van der Waals surface area contributed by atoms with Crippen LogP contribution in [0.15, 0.2) is 51.8 Å². The number of ether oxygens (including phenoxy) is 2. The lowest BCUT2D eigenvalue weighted by Gasteiger charge is -2.19. The molecule has 0 radical (unpaired) electrons. The van der Waals surface area contributed by atoms with Gasteiger partial charge in [0.15, 0.2) is 11.5 Å². The summed E-state index contributed by atoms with van der Waals surface area (Å²) in [6.45, 7) is 1.75. The number of carbonyl (C=O) groups is 1. The van der Waals surface area contributed by atoms with Crippen LogP contribution in [0, 0.1) is 0 Å². The molecule has 0 unspecified atom stereocenters. The molecule has 0 atom stereocenters. The van der Waals surface area contributed by atoms with E-state index in [1.54, 1.807) is 4.90 Å². The van der Waals surface area contributed by atoms with Crippen molar-refractivity contribution in [1.82, 2.24) is 4.90 Å². The number of carbonyl (C=O) groups excluding carboxylic acids is 1. The fourth-order valence-electron chi connectivity index (χ4n) is 2.32. The van der Waals surface area contributed by atoms with E-state index in [4.69, 9.17) is 9.47 Å². The number of rotatable bonds is 5. The number of halogens is 1. The summed E-state index contributed by atoms with van der Waals surface area (Å²) in [6.07, 6.45) is 0. The number of thioether (sulfide) groups is 1. The van der Waals surface area contributed by atoms with Gasteiger partial charge < -0.3 is 14.4 Å². The van der Waals surface area contributed by atoms with Crippen LogP contribution in [-0.2, 0) is 11.3 Å². The molecule has 2 aromatic rings. The number of benzene rings is 2. The van der Waals surface area contributed by atoms with Gasteiger partial charge in [0.05, 0.1) is 5.75 Å². The van der Waals surface area contributed by atoms with Gasteiger partial charge in [-0.3, -0.25) is 4.79 Å². The van der Waals surface area contributed by atoms with Gasteiger partial charge in [0.25, 0.3) is 0 Å². The first-order valence-electron chi connectivity index (χ1n) is 7.63. The molecule has 126 valence electrons. The van der Waals surface area contributed by atoms with Gasteiger partial charge in [-0.25, -0.2) is 0 Å². The SMILES string of the molecule is CN(Cc1ccc(Br)cc1)C(=O)CSc1ccc2c(c1)OCCO2. The maximum Gasteiger partial charge on any atom is 0.232 e. The lowest BCUT2D eigenvalue weighted by atomic mass is 10.2. The second-order valence-electron chi connectivity index (χ2n) is 5.47. The summed E-state index contributed by atoms with van der Waals surface area (Å²) in [6, 6.07) is 13.8. The van der Waals surface area contributed by atoms with Crippen LogP contribution in [0.1, 0.15) is 5.56 Å². The molecule has 2 aromatic carbocycles. The third-order valence-electron chi connectivity index (χ3n) is 3.63. The summed E-state index contributed by atoms with van der Waals surface area (Å²) in [7, 11) is 1.83. The van der Waals surface area contributed by atoms with Gasteiger partial charge in [0.1, 0.15) is 13.2 Å². The van der Waals surface area contributed by atoms with E-state index in [2.05, 4.69) is 15.9 Å². The summed E-state index contributed by atoms with van der Waals surface area (Å²) in [5, 5.41) is 0. The van der Waals surface area contributed by atoms with E-state index < -0.39 is 0 Å². The van der Waals surface area contributed by atoms with E-state index in [9.17, 15) is 4.79 Å². The molecule has 0 bridgehead atoms. The van der Waals surface area contributed by atoms with Crippen molar-refractivity contribution in [1.29, 1.82) is 0 Å². The van der Waals surface area contributed by atoms with Gasteiger partial charge in [-0.1, -0.05) is 28.1 Å². The molecule has 4 nitrogen and oxygen atoms in total. The summed E-state index contributed by atoms with van der Waals surface area (Å²) in [5.74, 6) is 2.01. The molecular weight excluding hydrogens is 390 g/mol. The maximum absolute atomic E-state index is 12.3. The molecule has 6 heteroatoms. The highest BCUT2D eigenvalue weighted by Gasteiger charge is 2.14. The van der Waals surface area contributed by atoms with Gasteiger partial charge in [-0.2, -0.15) is 0 Å². The quantitative estimate of drug-likeness (QED) is 0.702. The highest BCUT2D eigenvalue weighted by molar-refractivity contribution is 9.10. The highest BCUT2D eigenvalue weighted by Crippen LogP contribution is 2.34. The van der Waals surface area contributed by atoms with Crippen LogP contribution in [0.3, 0.4) is 0 Å². The molecule has 3 rings (SSSR count). The maximum atomic E-state index is 12.3. The Morgan fingerprint density at radius 3 is 2.58 bits per heavy atom. The fraction of sp³-hybridized carbons (Fsp3) is 0.278. The van der Waals surface area contributed by atoms with Crippen LogP contribution in [0.5, 0.6) is 11.5 Å². The summed E-state index contributed by atoms with van der Waals surface area (Å²) < 4.78 is 12.1. The lowest BCUT2D eigenvalue weighted by molar-refractivity contribution is -0.127. The smallest absolute Gasteiger partial charge is 0.232 e. The van der Waals surface area contributed by atoms with E-state index in [1.165, 1.54) is 11.8 Å². The Morgan fingerprint density at radius 2 is 1.83 bits per heavy atom. The van der Waals surface area contributed by atoms with Crippen LogP contribution in [0.4, 0.5) is 0 Å². The molecule has 0 saturated carbocycles. The molecule has 0 fully saturated rings. The Balaban J connectivity index is 1.54. The predicted octanol–water partition coefficient (Wildman–Crippen LogP) is 3.97. The average Bonchev–Trinajstić information content (AvgIpc) is 2.61. The molecule has 24 heavy (non-hydrogen) atoms. The zero-order valence-corrected chi connectivity index (χ0v) is 15.7. The van der Waals surface area contributed by atoms with Crippen molar-refractivity contribution in [2.24, 2.45) is 0 Å². The minimum absolute atomic E-state index is 0.0952. The molecule has 1 aliphatic rings. The minimum Gasteiger partial charge on any atom is -0.486 e. The molecule has 1 aliphatic heterocycles. The standard InChI is InChI=1S/C18H18BrNO3S/c1-20(11-13-2-4-14(19)5-3-13)18(21)12-24-15-6-7-16-17(10-15)23-9-8-22-16/h2-7,10H,8-9,11-12H2,1H3. The van der Waals surface area contributed by atoms with Crippen LogP contribution >= 0.6 is 27.7 Å². The monoisotopic (exact) mass is 407 g/mol. The molecule has 0 spiro atoms. The van der Waals surface area contributed by atoms with Crippen molar-refractivity contribution in [2.45, 2.75) is 11.4 Å². The first-order valence-corrected chi connectivity index (χ1v) is 9.40. The Labute approximate surface area is 154 Å². The normalized spacial score (nSPS) is 12.8. The number of hydrogen-bond donors (Lipinski definition) is 0. The number of hydrogen-bond acceptors (Lipinski definition) is 4. The van der Waals surface area contributed by atoms with Crippen LogP contribution in [0.2, 0.25) is 0 Å². The van der Waals surface area contributed by atoms with Gasteiger partial charge in [-0.15, -0.1) is 11.8 Å². The predicted molar refractivity (Wildman–Crippen MR) is 98.8 cm³/mol.